The van der Waals surface area contributed by atoms with Gasteiger partial charge in [-0.25, -0.2) is 17.7 Å². The summed E-state index contributed by atoms with van der Waals surface area (Å²) in [5.41, 5.74) is 1.05. The van der Waals surface area contributed by atoms with Crippen LogP contribution in [0.3, 0.4) is 0 Å². The molecule has 0 radical (unpaired) electrons. The summed E-state index contributed by atoms with van der Waals surface area (Å²) in [6.07, 6.45) is 0. The number of hydrogen-bond acceptors (Lipinski definition) is 6. The van der Waals surface area contributed by atoms with Crippen molar-refractivity contribution in [2.45, 2.75) is 10.1 Å². The van der Waals surface area contributed by atoms with E-state index >= 15 is 0 Å². The highest BCUT2D eigenvalue weighted by Crippen LogP contribution is 2.26. The maximum Gasteiger partial charge on any atom is 0.256 e. The van der Waals surface area contributed by atoms with Crippen LogP contribution in [0.2, 0.25) is 5.02 Å². The summed E-state index contributed by atoms with van der Waals surface area (Å²) in [6, 6.07) is 11.8. The summed E-state index contributed by atoms with van der Waals surface area (Å²) >= 11 is 7.23. The number of fused-ring (bicyclic) bond motifs is 1. The highest BCUT2D eigenvalue weighted by Gasteiger charge is 2.18. The topological polar surface area (TPSA) is 72.6 Å². The third-order valence-electron chi connectivity index (χ3n) is 3.51. The van der Waals surface area contributed by atoms with E-state index in [0.717, 1.165) is 10.1 Å². The zero-order chi connectivity index (χ0) is 18.7. The molecule has 0 bridgehead atoms. The van der Waals surface area contributed by atoms with Crippen LogP contribution in [0.1, 0.15) is 0 Å². The molecule has 0 atom stereocenters. The predicted octanol–water partition coefficient (Wildman–Crippen LogP) is 3.90. The molecule has 0 fully saturated rings. The lowest BCUT2D eigenvalue weighted by Crippen LogP contribution is -2.22. The lowest BCUT2D eigenvalue weighted by molar-refractivity contribution is 0.343. The maximum atomic E-state index is 12.2. The number of halogens is 1. The van der Waals surface area contributed by atoms with Crippen molar-refractivity contribution in [3.8, 4) is 5.75 Å². The van der Waals surface area contributed by atoms with Crippen molar-refractivity contribution in [1.29, 1.82) is 0 Å². The van der Waals surface area contributed by atoms with E-state index in [0.29, 0.717) is 33.7 Å². The minimum absolute atomic E-state index is 0.186. The van der Waals surface area contributed by atoms with E-state index < -0.39 is 10.0 Å². The van der Waals surface area contributed by atoms with E-state index in [4.69, 9.17) is 20.8 Å². The molecule has 26 heavy (non-hydrogen) atoms. The van der Waals surface area contributed by atoms with Crippen LogP contribution in [0, 0.1) is 0 Å². The van der Waals surface area contributed by atoms with Crippen molar-refractivity contribution in [3.05, 3.63) is 47.5 Å². The third kappa shape index (κ3) is 4.32. The molecule has 0 saturated carbocycles. The molecular formula is C17H17ClN2O4S2. The fourth-order valence-electron chi connectivity index (χ4n) is 2.14. The molecule has 0 aliphatic carbocycles. The molecule has 0 aliphatic rings. The van der Waals surface area contributed by atoms with Crippen LogP contribution < -0.4 is 4.74 Å². The van der Waals surface area contributed by atoms with Gasteiger partial charge in [0.1, 0.15) is 11.3 Å². The molecule has 0 unspecified atom stereocenters. The second kappa shape index (κ2) is 7.87. The Morgan fingerprint density at radius 3 is 2.62 bits per heavy atom. The number of nitrogens with zero attached hydrogens (tertiary/aromatic N) is 2. The monoisotopic (exact) mass is 412 g/mol. The average Bonchev–Trinajstić information content (AvgIpc) is 3.02. The Kier molecular flexibility index (Phi) is 5.76. The molecule has 138 valence electrons. The lowest BCUT2D eigenvalue weighted by atomic mass is 10.3. The van der Waals surface area contributed by atoms with Gasteiger partial charge in [-0.3, -0.25) is 0 Å². The fourth-order valence-corrected chi connectivity index (χ4v) is 3.84. The lowest BCUT2D eigenvalue weighted by Gasteiger charge is -2.10. The molecule has 1 aromatic heterocycles. The van der Waals surface area contributed by atoms with Gasteiger partial charge >= 0.3 is 0 Å². The van der Waals surface area contributed by atoms with Crippen molar-refractivity contribution in [3.63, 3.8) is 0 Å². The average molecular weight is 413 g/mol. The molecule has 0 spiro atoms. The van der Waals surface area contributed by atoms with E-state index in [2.05, 4.69) is 4.98 Å². The number of hydrogen-bond donors (Lipinski definition) is 0. The van der Waals surface area contributed by atoms with E-state index in [1.165, 1.54) is 38.0 Å². The van der Waals surface area contributed by atoms with Gasteiger partial charge < -0.3 is 9.15 Å². The van der Waals surface area contributed by atoms with Crippen molar-refractivity contribution >= 4 is 44.5 Å². The second-order valence-electron chi connectivity index (χ2n) is 5.55. The minimum atomic E-state index is -3.50. The van der Waals surface area contributed by atoms with Crippen LogP contribution in [0.4, 0.5) is 0 Å². The third-order valence-corrected chi connectivity index (χ3v) is 6.36. The molecule has 6 nitrogen and oxygen atoms in total. The van der Waals surface area contributed by atoms with Gasteiger partial charge in [-0.2, -0.15) is 0 Å². The normalized spacial score (nSPS) is 12.0. The van der Waals surface area contributed by atoms with Gasteiger partial charge in [0.2, 0.25) is 10.0 Å². The van der Waals surface area contributed by atoms with Gasteiger partial charge in [-0.1, -0.05) is 23.4 Å². The first-order valence-corrected chi connectivity index (χ1v) is 10.5. The molecule has 0 amide bonds. The van der Waals surface area contributed by atoms with Crippen LogP contribution in [-0.4, -0.2) is 44.2 Å². The number of thioether (sulfide) groups is 1. The molecular weight excluding hydrogens is 396 g/mol. The fraction of sp³-hybridized carbons (Fsp3) is 0.235. The molecule has 2 aromatic carbocycles. The first-order chi connectivity index (χ1) is 12.4. The summed E-state index contributed by atoms with van der Waals surface area (Å²) in [7, 11) is -0.518. The summed E-state index contributed by atoms with van der Waals surface area (Å²) in [6.45, 7) is 0.477. The summed E-state index contributed by atoms with van der Waals surface area (Å²) < 4.78 is 36.8. The quantitative estimate of drug-likeness (QED) is 0.433. The minimum Gasteiger partial charge on any atom is -0.493 e. The highest BCUT2D eigenvalue weighted by atomic mass is 35.5. The van der Waals surface area contributed by atoms with E-state index in [9.17, 15) is 8.42 Å². The molecule has 0 N–H and O–H groups in total. The summed E-state index contributed by atoms with van der Waals surface area (Å²) in [5.74, 6) is 1.38. The second-order valence-corrected chi connectivity index (χ2v) is 9.18. The van der Waals surface area contributed by atoms with Crippen LogP contribution in [0.25, 0.3) is 11.1 Å². The first kappa shape index (κ1) is 19.0. The number of aromatic nitrogens is 1. The van der Waals surface area contributed by atoms with E-state index in [1.807, 2.05) is 0 Å². The standard InChI is InChI=1S/C17H17ClN2O4S2/c1-20(2)26(21,22)14-7-8-16-15(11-14)19-17(24-16)25-10-9-23-13-5-3-12(18)4-6-13/h3-8,11H,9-10H2,1-2H3. The Bertz CT molecular complexity index is 1000. The molecule has 0 aliphatic heterocycles. The highest BCUT2D eigenvalue weighted by molar-refractivity contribution is 7.99. The Morgan fingerprint density at radius 2 is 1.92 bits per heavy atom. The van der Waals surface area contributed by atoms with E-state index in [1.54, 1.807) is 30.3 Å². The molecule has 9 heteroatoms. The summed E-state index contributed by atoms with van der Waals surface area (Å²) in [4.78, 5) is 4.53. The van der Waals surface area contributed by atoms with Gasteiger partial charge in [0.05, 0.1) is 11.5 Å². The largest absolute Gasteiger partial charge is 0.493 e. The molecule has 1 heterocycles. The van der Waals surface area contributed by atoms with Gasteiger partial charge in [-0.15, -0.1) is 0 Å². The van der Waals surface area contributed by atoms with Crippen LogP contribution in [-0.2, 0) is 10.0 Å². The van der Waals surface area contributed by atoms with Crippen LogP contribution >= 0.6 is 23.4 Å². The number of sulfonamides is 1. The van der Waals surface area contributed by atoms with Gasteiger partial charge in [0, 0.05) is 24.9 Å². The Balaban J connectivity index is 1.63. The summed E-state index contributed by atoms with van der Waals surface area (Å²) in [5, 5.41) is 1.13. The molecule has 3 aromatic rings. The van der Waals surface area contributed by atoms with Crippen molar-refractivity contribution in [2.24, 2.45) is 0 Å². The number of oxazole rings is 1. The maximum absolute atomic E-state index is 12.2. The van der Waals surface area contributed by atoms with E-state index in [-0.39, 0.29) is 4.90 Å². The zero-order valence-electron chi connectivity index (χ0n) is 14.2. The first-order valence-electron chi connectivity index (χ1n) is 7.70. The van der Waals surface area contributed by atoms with Crippen LogP contribution in [0.15, 0.2) is 57.0 Å². The van der Waals surface area contributed by atoms with Crippen molar-refractivity contribution < 1.29 is 17.6 Å². The molecule has 0 saturated heterocycles. The SMILES string of the molecule is CN(C)S(=O)(=O)c1ccc2oc(SCCOc3ccc(Cl)cc3)nc2c1. The van der Waals surface area contributed by atoms with Crippen molar-refractivity contribution in [1.82, 2.24) is 9.29 Å². The van der Waals surface area contributed by atoms with Crippen molar-refractivity contribution in [2.75, 3.05) is 26.5 Å². The Hall–Kier alpha value is -1.74. The van der Waals surface area contributed by atoms with Gasteiger partial charge in [-0.05, 0) is 42.5 Å². The van der Waals surface area contributed by atoms with Gasteiger partial charge in [0.25, 0.3) is 5.22 Å². The predicted molar refractivity (Wildman–Crippen MR) is 103 cm³/mol. The number of benzene rings is 2. The van der Waals surface area contributed by atoms with Crippen LogP contribution in [0.5, 0.6) is 5.75 Å². The number of rotatable bonds is 7. The van der Waals surface area contributed by atoms with Gasteiger partial charge in [0.15, 0.2) is 5.58 Å². The Morgan fingerprint density at radius 1 is 1.19 bits per heavy atom. The zero-order valence-corrected chi connectivity index (χ0v) is 16.6. The smallest absolute Gasteiger partial charge is 0.256 e. The number of ether oxygens (including phenoxy) is 1. The Labute approximate surface area is 161 Å². The molecule has 3 rings (SSSR count).